The first kappa shape index (κ1) is 30.7. The molecule has 4 nitrogen and oxygen atoms in total. The molecular weight excluding hydrogens is 657 g/mol. The number of hydrogen-bond donors (Lipinski definition) is 0. The van der Waals surface area contributed by atoms with Crippen LogP contribution in [0.5, 0.6) is 0 Å². The summed E-state index contributed by atoms with van der Waals surface area (Å²) in [5.41, 5.74) is 11.7. The van der Waals surface area contributed by atoms with Crippen LogP contribution in [-0.4, -0.2) is 19.5 Å². The molecule has 10 aromatic rings. The minimum atomic E-state index is -0.0879. The normalized spacial score (nSPS) is 13.1. The van der Waals surface area contributed by atoms with Gasteiger partial charge in [-0.1, -0.05) is 129 Å². The number of nitrogens with zero attached hydrogens (tertiary/aromatic N) is 4. The quantitative estimate of drug-likeness (QED) is 0.185. The monoisotopic (exact) mass is 690 g/mol. The highest BCUT2D eigenvalue weighted by Crippen LogP contribution is 2.51. The molecule has 1 aliphatic rings. The van der Waals surface area contributed by atoms with Gasteiger partial charge in [-0.2, -0.15) is 0 Å². The predicted molar refractivity (Wildman–Crippen MR) is 223 cm³/mol. The fourth-order valence-corrected chi connectivity index (χ4v) is 8.62. The molecule has 8 aromatic carbocycles. The number of hydrogen-bond acceptors (Lipinski definition) is 3. The Hall–Kier alpha value is -6.91. The van der Waals surface area contributed by atoms with Crippen molar-refractivity contribution in [2.45, 2.75) is 19.3 Å². The van der Waals surface area contributed by atoms with Gasteiger partial charge in [0.2, 0.25) is 0 Å². The van der Waals surface area contributed by atoms with Gasteiger partial charge in [-0.05, 0) is 98.4 Å². The fraction of sp³-hybridized carbons (Fsp3) is 0.0600. The zero-order chi connectivity index (χ0) is 36.0. The van der Waals surface area contributed by atoms with Gasteiger partial charge < -0.3 is 4.57 Å². The van der Waals surface area contributed by atoms with Gasteiger partial charge in [0.05, 0.1) is 11.0 Å². The Morgan fingerprint density at radius 1 is 0.389 bits per heavy atom. The molecule has 0 radical (unpaired) electrons. The Balaban J connectivity index is 1.06. The van der Waals surface area contributed by atoms with Crippen molar-refractivity contribution in [2.75, 3.05) is 0 Å². The molecule has 2 aromatic heterocycles. The van der Waals surface area contributed by atoms with Gasteiger partial charge in [0, 0.05) is 38.6 Å². The van der Waals surface area contributed by atoms with Gasteiger partial charge in [-0.15, -0.1) is 0 Å². The molecule has 0 atom stereocenters. The van der Waals surface area contributed by atoms with Gasteiger partial charge in [-0.3, -0.25) is 0 Å². The number of benzene rings is 8. The average Bonchev–Trinajstić information content (AvgIpc) is 3.67. The Labute approximate surface area is 313 Å². The van der Waals surface area contributed by atoms with E-state index >= 15 is 0 Å². The van der Waals surface area contributed by atoms with Crippen LogP contribution >= 0.6 is 0 Å². The van der Waals surface area contributed by atoms with Crippen molar-refractivity contribution in [3.05, 3.63) is 181 Å². The van der Waals surface area contributed by atoms with Crippen molar-refractivity contribution in [1.29, 1.82) is 0 Å². The Bertz CT molecular complexity index is 3040. The highest BCUT2D eigenvalue weighted by Gasteiger charge is 2.36. The summed E-state index contributed by atoms with van der Waals surface area (Å²) < 4.78 is 2.40. The summed E-state index contributed by atoms with van der Waals surface area (Å²) in [7, 11) is 0. The Morgan fingerprint density at radius 2 is 0.926 bits per heavy atom. The molecule has 2 heterocycles. The minimum absolute atomic E-state index is 0.0879. The van der Waals surface area contributed by atoms with E-state index < -0.39 is 0 Å². The molecule has 0 N–H and O–H groups in total. The van der Waals surface area contributed by atoms with Crippen LogP contribution in [0.3, 0.4) is 0 Å². The van der Waals surface area contributed by atoms with Gasteiger partial charge in [-0.25, -0.2) is 15.0 Å². The third kappa shape index (κ3) is 4.66. The molecule has 0 bridgehead atoms. The van der Waals surface area contributed by atoms with Crippen molar-refractivity contribution in [3.63, 3.8) is 0 Å². The van der Waals surface area contributed by atoms with E-state index in [2.05, 4.69) is 188 Å². The maximum absolute atomic E-state index is 5.11. The molecule has 0 aliphatic heterocycles. The van der Waals surface area contributed by atoms with Crippen LogP contribution in [0.2, 0.25) is 0 Å². The van der Waals surface area contributed by atoms with Gasteiger partial charge >= 0.3 is 0 Å². The zero-order valence-electron chi connectivity index (χ0n) is 30.0. The second-order valence-corrected chi connectivity index (χ2v) is 14.9. The number of para-hydroxylation sites is 1. The summed E-state index contributed by atoms with van der Waals surface area (Å²) in [6, 6.07) is 60.7. The Morgan fingerprint density at radius 3 is 1.59 bits per heavy atom. The average molecular weight is 691 g/mol. The molecule has 0 unspecified atom stereocenters. The SMILES string of the molecule is CC1(C)c2ccccc2-c2cc3c4ccccc4n(-c4ccc(-c5nc(-c6ccc7ccccc7c6)nc(-c6ccc7ccccc7c6)n5)cc4)c3cc21. The van der Waals surface area contributed by atoms with E-state index in [-0.39, 0.29) is 5.41 Å². The summed E-state index contributed by atoms with van der Waals surface area (Å²) in [6.45, 7) is 4.69. The van der Waals surface area contributed by atoms with Crippen LogP contribution in [0.25, 0.3) is 94.3 Å². The molecule has 0 saturated heterocycles. The molecule has 54 heavy (non-hydrogen) atoms. The molecule has 0 spiro atoms. The highest BCUT2D eigenvalue weighted by molar-refractivity contribution is 6.11. The van der Waals surface area contributed by atoms with Crippen LogP contribution in [0.4, 0.5) is 0 Å². The van der Waals surface area contributed by atoms with E-state index in [1.54, 1.807) is 0 Å². The lowest BCUT2D eigenvalue weighted by Gasteiger charge is -2.21. The molecule has 1 aliphatic carbocycles. The van der Waals surface area contributed by atoms with Gasteiger partial charge in [0.25, 0.3) is 0 Å². The van der Waals surface area contributed by atoms with Crippen molar-refractivity contribution >= 4 is 43.4 Å². The zero-order valence-corrected chi connectivity index (χ0v) is 30.0. The minimum Gasteiger partial charge on any atom is -0.309 e. The third-order valence-corrected chi connectivity index (χ3v) is 11.4. The van der Waals surface area contributed by atoms with Crippen LogP contribution in [-0.2, 0) is 5.41 Å². The molecule has 11 rings (SSSR count). The summed E-state index contributed by atoms with van der Waals surface area (Å²) in [5.74, 6) is 1.94. The third-order valence-electron chi connectivity index (χ3n) is 11.4. The first-order valence-electron chi connectivity index (χ1n) is 18.5. The van der Waals surface area contributed by atoms with E-state index in [4.69, 9.17) is 15.0 Å². The van der Waals surface area contributed by atoms with Crippen LogP contribution in [0.15, 0.2) is 170 Å². The van der Waals surface area contributed by atoms with Gasteiger partial charge in [0.1, 0.15) is 0 Å². The summed E-state index contributed by atoms with van der Waals surface area (Å²) in [4.78, 5) is 15.3. The summed E-state index contributed by atoms with van der Waals surface area (Å²) in [5, 5.41) is 7.18. The largest absolute Gasteiger partial charge is 0.309 e. The topological polar surface area (TPSA) is 43.6 Å². The summed E-state index contributed by atoms with van der Waals surface area (Å²) in [6.07, 6.45) is 0. The molecule has 0 saturated carbocycles. The molecular formula is C50H34N4. The fourth-order valence-electron chi connectivity index (χ4n) is 8.62. The smallest absolute Gasteiger partial charge is 0.164 e. The first-order chi connectivity index (χ1) is 26.5. The van der Waals surface area contributed by atoms with Crippen LogP contribution in [0, 0.1) is 0 Å². The number of rotatable bonds is 4. The van der Waals surface area contributed by atoms with Crippen LogP contribution < -0.4 is 0 Å². The molecule has 4 heteroatoms. The van der Waals surface area contributed by atoms with Crippen molar-refractivity contribution in [3.8, 4) is 51.0 Å². The van der Waals surface area contributed by atoms with E-state index in [0.29, 0.717) is 17.5 Å². The number of fused-ring (bicyclic) bond motifs is 8. The summed E-state index contributed by atoms with van der Waals surface area (Å²) >= 11 is 0. The maximum atomic E-state index is 5.11. The lowest BCUT2D eigenvalue weighted by atomic mass is 9.82. The molecule has 0 amide bonds. The predicted octanol–water partition coefficient (Wildman–Crippen LogP) is 12.6. The molecule has 254 valence electrons. The second kappa shape index (κ2) is 11.5. The Kier molecular flexibility index (Phi) is 6.56. The number of aromatic nitrogens is 4. The maximum Gasteiger partial charge on any atom is 0.164 e. The lowest BCUT2D eigenvalue weighted by Crippen LogP contribution is -2.14. The van der Waals surface area contributed by atoms with E-state index in [9.17, 15) is 0 Å². The first-order valence-corrected chi connectivity index (χ1v) is 18.5. The van der Waals surface area contributed by atoms with Crippen molar-refractivity contribution in [1.82, 2.24) is 19.5 Å². The van der Waals surface area contributed by atoms with E-state index in [1.165, 1.54) is 54.8 Å². The van der Waals surface area contributed by atoms with Crippen LogP contribution in [0.1, 0.15) is 25.0 Å². The van der Waals surface area contributed by atoms with Gasteiger partial charge in [0.15, 0.2) is 17.5 Å². The second-order valence-electron chi connectivity index (χ2n) is 14.9. The van der Waals surface area contributed by atoms with E-state index in [1.807, 2.05) is 0 Å². The lowest BCUT2D eigenvalue weighted by molar-refractivity contribution is 0.661. The standard InChI is InChI=1S/C50H34N4/c1-50(2)43-17-9-7-15-39(43)41-29-42-40-16-8-10-18-45(40)54(46(42)30-44(41)50)38-25-23-33(24-26-38)47-51-48(36-21-19-31-11-3-5-13-34(31)27-36)53-49(52-47)37-22-20-32-12-4-6-14-35(32)28-37/h3-30H,1-2H3. The molecule has 0 fully saturated rings. The van der Waals surface area contributed by atoms with Crippen molar-refractivity contribution < 1.29 is 0 Å². The van der Waals surface area contributed by atoms with E-state index in [0.717, 1.165) is 33.2 Å². The van der Waals surface area contributed by atoms with Crippen molar-refractivity contribution in [2.24, 2.45) is 0 Å². The highest BCUT2D eigenvalue weighted by atomic mass is 15.0.